The Bertz CT molecular complexity index is 649. The van der Waals surface area contributed by atoms with Crippen LogP contribution in [0.15, 0.2) is 17.0 Å². The monoisotopic (exact) mass is 344 g/mol. The van der Waals surface area contributed by atoms with Gasteiger partial charge in [-0.25, -0.2) is 9.97 Å². The van der Waals surface area contributed by atoms with Crippen LogP contribution < -0.4 is 5.73 Å². The number of anilines is 1. The van der Waals surface area contributed by atoms with Crippen molar-refractivity contribution in [2.45, 2.75) is 24.5 Å². The molecule has 5 N–H and O–H groups in total. The smallest absolute Gasteiger partial charge is 0.165 e. The molecule has 0 radical (unpaired) electrons. The first kappa shape index (κ1) is 13.7. The zero-order valence-electron chi connectivity index (χ0n) is 10.2. The first-order valence-corrected chi connectivity index (χ1v) is 6.73. The van der Waals surface area contributed by atoms with Crippen LogP contribution in [-0.4, -0.2) is 54.8 Å². The maximum atomic E-state index is 10.1. The summed E-state index contributed by atoms with van der Waals surface area (Å²) in [5.41, 5.74) is 6.25. The highest BCUT2D eigenvalue weighted by Gasteiger charge is 2.44. The van der Waals surface area contributed by atoms with Gasteiger partial charge in [0.05, 0.1) is 16.6 Å². The zero-order valence-corrected chi connectivity index (χ0v) is 11.8. The van der Waals surface area contributed by atoms with E-state index in [1.807, 2.05) is 0 Å². The molecule has 9 heteroatoms. The highest BCUT2D eigenvalue weighted by Crippen LogP contribution is 2.36. The van der Waals surface area contributed by atoms with Crippen LogP contribution in [0.2, 0.25) is 0 Å². The van der Waals surface area contributed by atoms with E-state index < -0.39 is 24.5 Å². The van der Waals surface area contributed by atoms with E-state index in [-0.39, 0.29) is 6.61 Å². The summed E-state index contributed by atoms with van der Waals surface area (Å²) in [6.45, 7) is -0.386. The quantitative estimate of drug-likeness (QED) is 0.572. The zero-order chi connectivity index (χ0) is 14.4. The van der Waals surface area contributed by atoms with E-state index in [0.29, 0.717) is 21.5 Å². The van der Waals surface area contributed by atoms with Crippen molar-refractivity contribution in [1.29, 1.82) is 0 Å². The molecule has 4 atom stereocenters. The topological polar surface area (TPSA) is 127 Å². The Morgan fingerprint density at radius 3 is 2.75 bits per heavy atom. The summed E-state index contributed by atoms with van der Waals surface area (Å²) >= 11 is 3.35. The third kappa shape index (κ3) is 1.90. The number of aliphatic hydroxyl groups is 3. The highest BCUT2D eigenvalue weighted by atomic mass is 79.9. The molecule has 0 saturated carbocycles. The molecule has 0 unspecified atom stereocenters. The molecular formula is C11H13BrN4O4. The number of aromatic nitrogens is 3. The molecule has 20 heavy (non-hydrogen) atoms. The molecule has 0 bridgehead atoms. The van der Waals surface area contributed by atoms with E-state index in [1.165, 1.54) is 6.33 Å². The Labute approximate surface area is 121 Å². The van der Waals surface area contributed by atoms with Crippen molar-refractivity contribution in [2.24, 2.45) is 0 Å². The van der Waals surface area contributed by atoms with Crippen LogP contribution in [0.1, 0.15) is 6.23 Å². The van der Waals surface area contributed by atoms with Gasteiger partial charge in [-0.15, -0.1) is 0 Å². The molecule has 1 aliphatic rings. The van der Waals surface area contributed by atoms with Crippen LogP contribution in [0.4, 0.5) is 5.82 Å². The van der Waals surface area contributed by atoms with Crippen LogP contribution in [-0.2, 0) is 4.74 Å². The van der Waals surface area contributed by atoms with Gasteiger partial charge >= 0.3 is 0 Å². The van der Waals surface area contributed by atoms with Gasteiger partial charge < -0.3 is 25.8 Å². The number of fused-ring (bicyclic) bond motifs is 1. The summed E-state index contributed by atoms with van der Waals surface area (Å²) < 4.78 is 7.63. The number of rotatable bonds is 2. The van der Waals surface area contributed by atoms with Gasteiger partial charge in [-0.2, -0.15) is 0 Å². The average Bonchev–Trinajstić information content (AvgIpc) is 2.90. The van der Waals surface area contributed by atoms with Crippen molar-refractivity contribution in [3.63, 3.8) is 0 Å². The summed E-state index contributed by atoms with van der Waals surface area (Å²) in [4.78, 5) is 8.02. The van der Waals surface area contributed by atoms with Crippen molar-refractivity contribution >= 4 is 32.8 Å². The third-order valence-corrected chi connectivity index (χ3v) is 4.00. The lowest BCUT2D eigenvalue weighted by atomic mass is 10.1. The molecule has 1 aliphatic heterocycles. The SMILES string of the molecule is Nc1ncnc2c1cc(Br)n2[C@@H]1O[C@H](CO)[C@H](O)[C@H]1O. The maximum absolute atomic E-state index is 10.1. The van der Waals surface area contributed by atoms with Gasteiger partial charge in [-0.1, -0.05) is 0 Å². The van der Waals surface area contributed by atoms with Crippen molar-refractivity contribution in [1.82, 2.24) is 14.5 Å². The van der Waals surface area contributed by atoms with Gasteiger partial charge in [0.2, 0.25) is 0 Å². The minimum atomic E-state index is -1.18. The summed E-state index contributed by atoms with van der Waals surface area (Å²) in [6, 6.07) is 1.71. The number of hydrogen-bond acceptors (Lipinski definition) is 7. The summed E-state index contributed by atoms with van der Waals surface area (Å²) in [5.74, 6) is 0.307. The van der Waals surface area contributed by atoms with Crippen molar-refractivity contribution < 1.29 is 20.1 Å². The molecular weight excluding hydrogens is 332 g/mol. The molecule has 3 rings (SSSR count). The van der Waals surface area contributed by atoms with E-state index in [0.717, 1.165) is 0 Å². The average molecular weight is 345 g/mol. The minimum Gasteiger partial charge on any atom is -0.394 e. The van der Waals surface area contributed by atoms with Gasteiger partial charge in [0.25, 0.3) is 0 Å². The largest absolute Gasteiger partial charge is 0.394 e. The second-order valence-corrected chi connectivity index (χ2v) is 5.37. The summed E-state index contributed by atoms with van der Waals surface area (Å²) in [5, 5.41) is 29.6. The predicted octanol–water partition coefficient (Wildman–Crippen LogP) is -0.613. The van der Waals surface area contributed by atoms with Gasteiger partial charge in [0.1, 0.15) is 36.1 Å². The fraction of sp³-hybridized carbons (Fsp3) is 0.455. The molecule has 1 saturated heterocycles. The van der Waals surface area contributed by atoms with Crippen LogP contribution in [0.3, 0.4) is 0 Å². The lowest BCUT2D eigenvalue weighted by Gasteiger charge is -2.18. The minimum absolute atomic E-state index is 0.307. The number of aliphatic hydroxyl groups excluding tert-OH is 3. The van der Waals surface area contributed by atoms with Crippen LogP contribution in [0, 0.1) is 0 Å². The van der Waals surface area contributed by atoms with E-state index in [9.17, 15) is 10.2 Å². The molecule has 0 aromatic carbocycles. The number of nitrogens with zero attached hydrogens (tertiary/aromatic N) is 3. The molecule has 0 amide bonds. The van der Waals surface area contributed by atoms with E-state index in [1.54, 1.807) is 10.6 Å². The number of nitrogens with two attached hydrogens (primary N) is 1. The lowest BCUT2D eigenvalue weighted by molar-refractivity contribution is -0.0518. The van der Waals surface area contributed by atoms with E-state index in [4.69, 9.17) is 15.6 Å². The highest BCUT2D eigenvalue weighted by molar-refractivity contribution is 9.10. The second kappa shape index (κ2) is 4.93. The van der Waals surface area contributed by atoms with Gasteiger partial charge in [0.15, 0.2) is 6.23 Å². The Hall–Kier alpha value is -1.26. The molecule has 0 spiro atoms. The number of halogens is 1. The number of ether oxygens (including phenoxy) is 1. The molecule has 0 aliphatic carbocycles. The molecule has 3 heterocycles. The molecule has 108 valence electrons. The maximum Gasteiger partial charge on any atom is 0.165 e. The summed E-state index contributed by atoms with van der Waals surface area (Å²) in [6.07, 6.45) is -2.77. The predicted molar refractivity (Wildman–Crippen MR) is 72.6 cm³/mol. The fourth-order valence-electron chi connectivity index (χ4n) is 2.36. The standard InChI is InChI=1S/C11H13BrN4O4/c12-6-1-4-9(13)14-3-15-10(4)16(6)11-8(19)7(18)5(2-17)20-11/h1,3,5,7-8,11,17-19H,2H2,(H2,13,14,15)/t5-,7+,8-,11-/m1/s1. The second-order valence-electron chi connectivity index (χ2n) is 4.56. The molecule has 1 fully saturated rings. The van der Waals surface area contributed by atoms with Crippen LogP contribution in [0.5, 0.6) is 0 Å². The molecule has 8 nitrogen and oxygen atoms in total. The van der Waals surface area contributed by atoms with Gasteiger partial charge in [-0.3, -0.25) is 4.57 Å². The van der Waals surface area contributed by atoms with Crippen molar-refractivity contribution in [2.75, 3.05) is 12.3 Å². The van der Waals surface area contributed by atoms with Gasteiger partial charge in [-0.05, 0) is 22.0 Å². The Kier molecular flexibility index (Phi) is 3.38. The van der Waals surface area contributed by atoms with Crippen LogP contribution >= 0.6 is 15.9 Å². The Morgan fingerprint density at radius 1 is 1.35 bits per heavy atom. The third-order valence-electron chi connectivity index (χ3n) is 3.39. The lowest BCUT2D eigenvalue weighted by Crippen LogP contribution is -2.33. The molecule has 2 aromatic heterocycles. The van der Waals surface area contributed by atoms with E-state index >= 15 is 0 Å². The number of nitrogen functional groups attached to an aromatic ring is 1. The first-order valence-electron chi connectivity index (χ1n) is 5.94. The first-order chi connectivity index (χ1) is 9.54. The normalized spacial score (nSPS) is 30.2. The Balaban J connectivity index is 2.11. The Morgan fingerprint density at radius 2 is 2.10 bits per heavy atom. The fourth-order valence-corrected chi connectivity index (χ4v) is 2.95. The number of hydrogen-bond donors (Lipinski definition) is 4. The summed E-state index contributed by atoms with van der Waals surface area (Å²) in [7, 11) is 0. The van der Waals surface area contributed by atoms with E-state index in [2.05, 4.69) is 25.9 Å². The van der Waals surface area contributed by atoms with Crippen molar-refractivity contribution in [3.05, 3.63) is 17.0 Å². The van der Waals surface area contributed by atoms with Gasteiger partial charge in [0, 0.05) is 0 Å². The van der Waals surface area contributed by atoms with Crippen LogP contribution in [0.25, 0.3) is 11.0 Å². The van der Waals surface area contributed by atoms with Crippen molar-refractivity contribution in [3.8, 4) is 0 Å². The molecule has 2 aromatic rings.